The Morgan fingerprint density at radius 2 is 1.70 bits per heavy atom. The van der Waals surface area contributed by atoms with Crippen molar-refractivity contribution >= 4 is 16.7 Å². The first-order valence-corrected chi connectivity index (χ1v) is 6.87. The molecule has 3 heteroatoms. The number of ether oxygens (including phenoxy) is 2. The monoisotopic (exact) mass is 272 g/mol. The molecule has 0 unspecified atom stereocenters. The fourth-order valence-corrected chi connectivity index (χ4v) is 1.98. The van der Waals surface area contributed by atoms with Gasteiger partial charge in [0.25, 0.3) is 0 Å². The van der Waals surface area contributed by atoms with Crippen LogP contribution in [-0.2, 0) is 4.79 Å². The third-order valence-electron chi connectivity index (χ3n) is 3.18. The van der Waals surface area contributed by atoms with E-state index in [2.05, 4.69) is 13.8 Å². The summed E-state index contributed by atoms with van der Waals surface area (Å²) in [6, 6.07) is 11.5. The highest BCUT2D eigenvalue weighted by molar-refractivity contribution is 5.86. The van der Waals surface area contributed by atoms with Crippen molar-refractivity contribution in [3.8, 4) is 11.5 Å². The highest BCUT2D eigenvalue weighted by Gasteiger charge is 2.07. The number of carbonyl (C=O) groups is 1. The number of esters is 1. The minimum absolute atomic E-state index is 0.180. The smallest absolute Gasteiger partial charge is 0.311 e. The van der Waals surface area contributed by atoms with Gasteiger partial charge in [0, 0.05) is 6.42 Å². The Labute approximate surface area is 119 Å². The van der Waals surface area contributed by atoms with Gasteiger partial charge in [-0.1, -0.05) is 26.0 Å². The van der Waals surface area contributed by atoms with Crippen molar-refractivity contribution in [1.29, 1.82) is 0 Å². The van der Waals surface area contributed by atoms with E-state index in [0.29, 0.717) is 18.1 Å². The average Bonchev–Trinajstić information content (AvgIpc) is 2.44. The lowest BCUT2D eigenvalue weighted by atomic mass is 10.1. The summed E-state index contributed by atoms with van der Waals surface area (Å²) >= 11 is 0. The molecule has 2 aromatic rings. The largest absolute Gasteiger partial charge is 0.497 e. The molecule has 0 saturated carbocycles. The topological polar surface area (TPSA) is 35.5 Å². The molecule has 0 amide bonds. The minimum Gasteiger partial charge on any atom is -0.497 e. The lowest BCUT2D eigenvalue weighted by Crippen LogP contribution is -2.08. The number of rotatable bonds is 5. The summed E-state index contributed by atoms with van der Waals surface area (Å²) in [4.78, 5) is 11.7. The van der Waals surface area contributed by atoms with Gasteiger partial charge < -0.3 is 9.47 Å². The third kappa shape index (κ3) is 3.73. The van der Waals surface area contributed by atoms with Crippen LogP contribution in [0.15, 0.2) is 36.4 Å². The van der Waals surface area contributed by atoms with Crippen LogP contribution in [0, 0.1) is 5.92 Å². The molecule has 0 radical (unpaired) electrons. The number of methoxy groups -OCH3 is 1. The summed E-state index contributed by atoms with van der Waals surface area (Å²) in [5, 5.41) is 2.09. The van der Waals surface area contributed by atoms with E-state index in [9.17, 15) is 4.79 Å². The van der Waals surface area contributed by atoms with E-state index in [1.165, 1.54) is 0 Å². The molecule has 2 aromatic carbocycles. The van der Waals surface area contributed by atoms with Crippen LogP contribution in [0.5, 0.6) is 11.5 Å². The SMILES string of the molecule is COc1ccc2ccc(OC(=O)CCC(C)C)cc2c1. The van der Waals surface area contributed by atoms with E-state index in [-0.39, 0.29) is 5.97 Å². The van der Waals surface area contributed by atoms with E-state index >= 15 is 0 Å². The molecular weight excluding hydrogens is 252 g/mol. The van der Waals surface area contributed by atoms with Crippen molar-refractivity contribution in [2.75, 3.05) is 7.11 Å². The van der Waals surface area contributed by atoms with Crippen molar-refractivity contribution in [2.45, 2.75) is 26.7 Å². The molecule has 0 aliphatic rings. The van der Waals surface area contributed by atoms with Crippen LogP contribution in [0.25, 0.3) is 10.8 Å². The number of carbonyl (C=O) groups excluding carboxylic acids is 1. The summed E-state index contributed by atoms with van der Waals surface area (Å²) < 4.78 is 10.6. The molecule has 0 fully saturated rings. The fourth-order valence-electron chi connectivity index (χ4n) is 1.98. The first kappa shape index (κ1) is 14.4. The molecule has 0 saturated heterocycles. The van der Waals surface area contributed by atoms with E-state index in [4.69, 9.17) is 9.47 Å². The van der Waals surface area contributed by atoms with Crippen LogP contribution in [0.3, 0.4) is 0 Å². The first-order chi connectivity index (χ1) is 9.58. The van der Waals surface area contributed by atoms with Crippen molar-refractivity contribution in [3.05, 3.63) is 36.4 Å². The summed E-state index contributed by atoms with van der Waals surface area (Å²) in [6.07, 6.45) is 1.30. The zero-order chi connectivity index (χ0) is 14.5. The summed E-state index contributed by atoms with van der Waals surface area (Å²) in [5.41, 5.74) is 0. The van der Waals surface area contributed by atoms with Gasteiger partial charge in [-0.15, -0.1) is 0 Å². The summed E-state index contributed by atoms with van der Waals surface area (Å²) in [7, 11) is 1.64. The van der Waals surface area contributed by atoms with Gasteiger partial charge in [0.05, 0.1) is 7.11 Å². The van der Waals surface area contributed by atoms with Crippen LogP contribution in [-0.4, -0.2) is 13.1 Å². The molecule has 20 heavy (non-hydrogen) atoms. The van der Waals surface area contributed by atoms with Crippen molar-refractivity contribution in [3.63, 3.8) is 0 Å². The molecule has 0 spiro atoms. The molecule has 0 N–H and O–H groups in total. The maximum atomic E-state index is 11.7. The predicted molar refractivity (Wildman–Crippen MR) is 80.2 cm³/mol. The Kier molecular flexibility index (Phi) is 4.61. The maximum absolute atomic E-state index is 11.7. The van der Waals surface area contributed by atoms with Gasteiger partial charge in [0.15, 0.2) is 0 Å². The first-order valence-electron chi connectivity index (χ1n) is 6.87. The van der Waals surface area contributed by atoms with Crippen molar-refractivity contribution in [2.24, 2.45) is 5.92 Å². The van der Waals surface area contributed by atoms with Gasteiger partial charge in [-0.2, -0.15) is 0 Å². The molecule has 0 heterocycles. The molecule has 0 atom stereocenters. The molecule has 106 valence electrons. The molecule has 0 bridgehead atoms. The Bertz CT molecular complexity index is 602. The standard InChI is InChI=1S/C17H20O3/c1-12(2)4-9-17(18)20-16-8-6-13-5-7-15(19-3)10-14(13)11-16/h5-8,10-12H,4,9H2,1-3H3. The minimum atomic E-state index is -0.180. The second-order valence-corrected chi connectivity index (χ2v) is 5.28. The van der Waals surface area contributed by atoms with E-state index in [0.717, 1.165) is 22.9 Å². The molecular formula is C17H20O3. The quantitative estimate of drug-likeness (QED) is 0.604. The molecule has 2 rings (SSSR count). The lowest BCUT2D eigenvalue weighted by molar-refractivity contribution is -0.134. The number of fused-ring (bicyclic) bond motifs is 1. The van der Waals surface area contributed by atoms with Gasteiger partial charge in [-0.05, 0) is 47.4 Å². The molecule has 0 aliphatic heterocycles. The highest BCUT2D eigenvalue weighted by atomic mass is 16.5. The van der Waals surface area contributed by atoms with E-state index in [1.807, 2.05) is 36.4 Å². The van der Waals surface area contributed by atoms with Gasteiger partial charge in [0.2, 0.25) is 0 Å². The zero-order valence-corrected chi connectivity index (χ0v) is 12.2. The molecule has 0 aliphatic carbocycles. The normalized spacial score (nSPS) is 10.8. The van der Waals surface area contributed by atoms with Gasteiger partial charge in [-0.3, -0.25) is 4.79 Å². The van der Waals surface area contributed by atoms with Crippen LogP contribution in [0.4, 0.5) is 0 Å². The number of hydrogen-bond donors (Lipinski definition) is 0. The van der Waals surface area contributed by atoms with Gasteiger partial charge in [-0.25, -0.2) is 0 Å². The average molecular weight is 272 g/mol. The van der Waals surface area contributed by atoms with Gasteiger partial charge >= 0.3 is 5.97 Å². The second kappa shape index (κ2) is 6.42. The van der Waals surface area contributed by atoms with E-state index < -0.39 is 0 Å². The zero-order valence-electron chi connectivity index (χ0n) is 12.2. The molecule has 0 aromatic heterocycles. The number of benzene rings is 2. The van der Waals surface area contributed by atoms with Crippen molar-refractivity contribution in [1.82, 2.24) is 0 Å². The highest BCUT2D eigenvalue weighted by Crippen LogP contribution is 2.25. The van der Waals surface area contributed by atoms with Crippen LogP contribution >= 0.6 is 0 Å². The second-order valence-electron chi connectivity index (χ2n) is 5.28. The molecule has 3 nitrogen and oxygen atoms in total. The summed E-state index contributed by atoms with van der Waals surface area (Å²) in [5.74, 6) is 1.70. The van der Waals surface area contributed by atoms with E-state index in [1.54, 1.807) is 7.11 Å². The third-order valence-corrected chi connectivity index (χ3v) is 3.18. The lowest BCUT2D eigenvalue weighted by Gasteiger charge is -2.08. The Hall–Kier alpha value is -2.03. The fraction of sp³-hybridized carbons (Fsp3) is 0.353. The maximum Gasteiger partial charge on any atom is 0.311 e. The Morgan fingerprint density at radius 1 is 1.05 bits per heavy atom. The van der Waals surface area contributed by atoms with Crippen LogP contribution < -0.4 is 9.47 Å². The Balaban J connectivity index is 2.12. The number of hydrogen-bond acceptors (Lipinski definition) is 3. The van der Waals surface area contributed by atoms with Crippen molar-refractivity contribution < 1.29 is 14.3 Å². The predicted octanol–water partition coefficient (Wildman–Crippen LogP) is 4.19. The Morgan fingerprint density at radius 3 is 2.35 bits per heavy atom. The van der Waals surface area contributed by atoms with Crippen LogP contribution in [0.2, 0.25) is 0 Å². The van der Waals surface area contributed by atoms with Gasteiger partial charge in [0.1, 0.15) is 11.5 Å². The summed E-state index contributed by atoms with van der Waals surface area (Å²) in [6.45, 7) is 4.19. The van der Waals surface area contributed by atoms with Crippen LogP contribution in [0.1, 0.15) is 26.7 Å².